The highest BCUT2D eigenvalue weighted by atomic mass is 32.1. The largest absolute Gasteiger partial charge is 0.497 e. The van der Waals surface area contributed by atoms with Crippen molar-refractivity contribution < 1.29 is 23.8 Å². The lowest BCUT2D eigenvalue weighted by atomic mass is 9.96. The fourth-order valence-corrected chi connectivity index (χ4v) is 4.92. The lowest BCUT2D eigenvalue weighted by Gasteiger charge is -2.24. The van der Waals surface area contributed by atoms with Gasteiger partial charge in [-0.3, -0.25) is 14.2 Å². The lowest BCUT2D eigenvalue weighted by molar-refractivity contribution is -0.139. The molecule has 0 bridgehead atoms. The number of thiazole rings is 1. The Balaban J connectivity index is 1.93. The van der Waals surface area contributed by atoms with E-state index < -0.39 is 18.0 Å². The Morgan fingerprint density at radius 1 is 1.14 bits per heavy atom. The van der Waals surface area contributed by atoms with Crippen LogP contribution in [0.4, 0.5) is 0 Å². The minimum absolute atomic E-state index is 0.197. The number of allylic oxidation sites excluding steroid dienone is 1. The van der Waals surface area contributed by atoms with Crippen LogP contribution in [0.3, 0.4) is 0 Å². The predicted octanol–water partition coefficient (Wildman–Crippen LogP) is 2.73. The van der Waals surface area contributed by atoms with E-state index in [1.165, 1.54) is 22.8 Å². The van der Waals surface area contributed by atoms with Gasteiger partial charge in [-0.2, -0.15) is 0 Å². The Bertz CT molecular complexity index is 1500. The topological polar surface area (TPSA) is 96.2 Å². The third-order valence-electron chi connectivity index (χ3n) is 5.41. The summed E-state index contributed by atoms with van der Waals surface area (Å²) in [6.07, 6.45) is 1.66. The Labute approximate surface area is 205 Å². The molecule has 2 heterocycles. The fraction of sp³-hybridized carbons (Fsp3) is 0.231. The molecule has 0 spiro atoms. The van der Waals surface area contributed by atoms with E-state index in [-0.39, 0.29) is 12.2 Å². The van der Waals surface area contributed by atoms with Crippen molar-refractivity contribution in [3.05, 3.63) is 90.6 Å². The van der Waals surface area contributed by atoms with Gasteiger partial charge in [0.25, 0.3) is 5.56 Å². The minimum atomic E-state index is -0.720. The number of hydrogen-bond acceptors (Lipinski definition) is 8. The second-order valence-electron chi connectivity index (χ2n) is 7.71. The molecule has 3 aromatic rings. The maximum Gasteiger partial charge on any atom is 0.338 e. The number of nitrogens with zero attached hydrogens (tertiary/aromatic N) is 2. The van der Waals surface area contributed by atoms with E-state index in [0.717, 1.165) is 5.56 Å². The smallest absolute Gasteiger partial charge is 0.338 e. The van der Waals surface area contributed by atoms with Gasteiger partial charge in [0.15, 0.2) is 4.80 Å². The Hall–Kier alpha value is -3.98. The number of hydrogen-bond donors (Lipinski definition) is 0. The van der Waals surface area contributed by atoms with Gasteiger partial charge in [0.1, 0.15) is 11.5 Å². The summed E-state index contributed by atoms with van der Waals surface area (Å²) in [5.41, 5.74) is 1.77. The summed E-state index contributed by atoms with van der Waals surface area (Å²) >= 11 is 1.20. The molecule has 0 fully saturated rings. The summed E-state index contributed by atoms with van der Waals surface area (Å²) in [6.45, 7) is 4.98. The molecule has 2 aromatic carbocycles. The molecule has 0 unspecified atom stereocenters. The third kappa shape index (κ3) is 4.81. The van der Waals surface area contributed by atoms with Crippen molar-refractivity contribution >= 4 is 29.4 Å². The average molecular weight is 493 g/mol. The van der Waals surface area contributed by atoms with Crippen molar-refractivity contribution in [3.63, 3.8) is 0 Å². The zero-order valence-corrected chi connectivity index (χ0v) is 20.5. The van der Waals surface area contributed by atoms with Crippen molar-refractivity contribution in [2.24, 2.45) is 4.99 Å². The standard InChI is InChI=1S/C26H24N2O6S/c1-5-33-25(31)22-15(2)27-26-28(23(22)17-10-12-19(32-4)13-11-17)24(30)21(35-26)14-18-8-6-7-9-20(18)34-16(3)29/h6-14,23H,5H2,1-4H3/b21-14+/t23-/m1/s1. The summed E-state index contributed by atoms with van der Waals surface area (Å²) in [4.78, 5) is 43.1. The van der Waals surface area contributed by atoms with Gasteiger partial charge in [-0.05, 0) is 43.7 Å². The van der Waals surface area contributed by atoms with E-state index >= 15 is 0 Å². The number of benzene rings is 2. The van der Waals surface area contributed by atoms with E-state index in [0.29, 0.717) is 37.7 Å². The summed E-state index contributed by atoms with van der Waals surface area (Å²) in [6, 6.07) is 13.4. The number of rotatable bonds is 6. The molecule has 0 aliphatic carbocycles. The number of esters is 2. The van der Waals surface area contributed by atoms with Crippen molar-refractivity contribution in [2.45, 2.75) is 26.8 Å². The summed E-state index contributed by atoms with van der Waals surface area (Å²) in [5.74, 6) is 0.0214. The second kappa shape index (κ2) is 10.1. The van der Waals surface area contributed by atoms with Gasteiger partial charge in [0.2, 0.25) is 0 Å². The van der Waals surface area contributed by atoms with Crippen LogP contribution in [0.25, 0.3) is 6.08 Å². The quantitative estimate of drug-likeness (QED) is 0.388. The monoisotopic (exact) mass is 492 g/mol. The number of para-hydroxylation sites is 1. The van der Waals surface area contributed by atoms with Crippen molar-refractivity contribution in [1.29, 1.82) is 0 Å². The number of methoxy groups -OCH3 is 1. The van der Waals surface area contributed by atoms with Gasteiger partial charge >= 0.3 is 11.9 Å². The number of carbonyl (C=O) groups is 2. The normalized spacial score (nSPS) is 15.3. The van der Waals surface area contributed by atoms with E-state index in [4.69, 9.17) is 14.2 Å². The SMILES string of the molecule is CCOC(=O)C1=C(C)N=c2s/c(=C/c3ccccc3OC(C)=O)c(=O)n2[C@@H]1c1ccc(OC)cc1. The first-order chi connectivity index (χ1) is 16.8. The number of fused-ring (bicyclic) bond motifs is 1. The second-order valence-corrected chi connectivity index (χ2v) is 8.72. The summed E-state index contributed by atoms with van der Waals surface area (Å²) in [7, 11) is 1.57. The molecule has 0 amide bonds. The van der Waals surface area contributed by atoms with E-state index in [2.05, 4.69) is 4.99 Å². The maximum absolute atomic E-state index is 13.7. The first-order valence-electron chi connectivity index (χ1n) is 10.9. The molecule has 1 atom stereocenters. The van der Waals surface area contributed by atoms with Gasteiger partial charge in [0.05, 0.1) is 35.6 Å². The first-order valence-corrected chi connectivity index (χ1v) is 11.8. The Morgan fingerprint density at radius 2 is 1.86 bits per heavy atom. The average Bonchev–Trinajstić information content (AvgIpc) is 3.13. The third-order valence-corrected chi connectivity index (χ3v) is 6.39. The fourth-order valence-electron chi connectivity index (χ4n) is 3.88. The lowest BCUT2D eigenvalue weighted by Crippen LogP contribution is -2.39. The molecule has 0 saturated heterocycles. The molecule has 180 valence electrons. The van der Waals surface area contributed by atoms with Crippen molar-refractivity contribution in [1.82, 2.24) is 4.57 Å². The zero-order valence-electron chi connectivity index (χ0n) is 19.7. The van der Waals surface area contributed by atoms with Crippen LogP contribution in [0.15, 0.2) is 69.6 Å². The maximum atomic E-state index is 13.7. The van der Waals surface area contributed by atoms with Gasteiger partial charge in [-0.25, -0.2) is 9.79 Å². The predicted molar refractivity (Wildman–Crippen MR) is 131 cm³/mol. The Morgan fingerprint density at radius 3 is 2.51 bits per heavy atom. The van der Waals surface area contributed by atoms with Crippen LogP contribution in [-0.2, 0) is 14.3 Å². The molecule has 0 radical (unpaired) electrons. The minimum Gasteiger partial charge on any atom is -0.497 e. The molecule has 35 heavy (non-hydrogen) atoms. The van der Waals surface area contributed by atoms with Gasteiger partial charge in [-0.15, -0.1) is 0 Å². The van der Waals surface area contributed by atoms with Crippen molar-refractivity contribution in [3.8, 4) is 11.5 Å². The van der Waals surface area contributed by atoms with E-state index in [1.54, 1.807) is 63.4 Å². The van der Waals surface area contributed by atoms with Crippen LogP contribution in [0.5, 0.6) is 11.5 Å². The van der Waals surface area contributed by atoms with Gasteiger partial charge < -0.3 is 14.2 Å². The molecule has 9 heteroatoms. The highest BCUT2D eigenvalue weighted by molar-refractivity contribution is 7.07. The van der Waals surface area contributed by atoms with Crippen LogP contribution < -0.4 is 24.4 Å². The molecule has 0 N–H and O–H groups in total. The molecular weight excluding hydrogens is 468 g/mol. The molecule has 0 saturated carbocycles. The van der Waals surface area contributed by atoms with Crippen LogP contribution in [-0.4, -0.2) is 30.2 Å². The molecular formula is C26H24N2O6S. The highest BCUT2D eigenvalue weighted by Crippen LogP contribution is 2.31. The van der Waals surface area contributed by atoms with Crippen molar-refractivity contribution in [2.75, 3.05) is 13.7 Å². The highest BCUT2D eigenvalue weighted by Gasteiger charge is 2.33. The van der Waals surface area contributed by atoms with Crippen LogP contribution in [0.1, 0.15) is 37.9 Å². The van der Waals surface area contributed by atoms with E-state index in [9.17, 15) is 14.4 Å². The molecule has 4 rings (SSSR count). The van der Waals surface area contributed by atoms with Crippen LogP contribution in [0.2, 0.25) is 0 Å². The van der Waals surface area contributed by atoms with Gasteiger partial charge in [-0.1, -0.05) is 41.7 Å². The summed E-state index contributed by atoms with van der Waals surface area (Å²) in [5, 5.41) is 0. The van der Waals surface area contributed by atoms with Gasteiger partial charge in [0, 0.05) is 12.5 Å². The molecule has 8 nitrogen and oxygen atoms in total. The first kappa shape index (κ1) is 24.2. The Kier molecular flexibility index (Phi) is 6.97. The number of aromatic nitrogens is 1. The van der Waals surface area contributed by atoms with Crippen LogP contribution >= 0.6 is 11.3 Å². The van der Waals surface area contributed by atoms with Crippen LogP contribution in [0, 0.1) is 0 Å². The number of ether oxygens (including phenoxy) is 3. The molecule has 1 aliphatic heterocycles. The van der Waals surface area contributed by atoms with E-state index in [1.807, 2.05) is 12.1 Å². The molecule has 1 aliphatic rings. The summed E-state index contributed by atoms with van der Waals surface area (Å²) < 4.78 is 17.8. The molecule has 1 aromatic heterocycles. The number of carbonyl (C=O) groups excluding carboxylic acids is 2. The zero-order chi connectivity index (χ0) is 25.1.